The van der Waals surface area contributed by atoms with E-state index in [1.165, 1.54) is 6.07 Å². The van der Waals surface area contributed by atoms with Crippen molar-refractivity contribution in [3.8, 4) is 10.8 Å². The molecule has 3 rings (SSSR count). The van der Waals surface area contributed by atoms with Crippen molar-refractivity contribution in [2.45, 2.75) is 0 Å². The molecule has 5 heteroatoms. The molecule has 0 aliphatic heterocycles. The van der Waals surface area contributed by atoms with Crippen molar-refractivity contribution in [3.05, 3.63) is 82.7 Å². The van der Waals surface area contributed by atoms with Crippen molar-refractivity contribution in [2.75, 3.05) is 0 Å². The number of rotatable bonds is 5. The summed E-state index contributed by atoms with van der Waals surface area (Å²) >= 11 is 1.11. The third kappa shape index (κ3) is 3.30. The fourth-order valence-corrected chi connectivity index (χ4v) is 3.06. The van der Waals surface area contributed by atoms with Crippen LogP contribution in [0.2, 0.25) is 0 Å². The normalized spacial score (nSPS) is 10.3. The first-order valence-corrected chi connectivity index (χ1v) is 7.73. The van der Waals surface area contributed by atoms with Crippen LogP contribution >= 0.6 is 11.3 Å². The van der Waals surface area contributed by atoms with Gasteiger partial charge in [-0.05, 0) is 18.2 Å². The van der Waals surface area contributed by atoms with E-state index in [4.69, 9.17) is 10.5 Å². The van der Waals surface area contributed by atoms with Gasteiger partial charge in [0, 0.05) is 5.56 Å². The maximum absolute atomic E-state index is 12.5. The number of nitrogens with two attached hydrogens (primary N) is 1. The van der Waals surface area contributed by atoms with Crippen LogP contribution in [-0.4, -0.2) is 11.7 Å². The SMILES string of the molecule is NC(=O)c1cc(C(=O)c2ccccc2)sc1Oc1ccccc1. The van der Waals surface area contributed by atoms with Gasteiger partial charge >= 0.3 is 0 Å². The number of primary amides is 1. The van der Waals surface area contributed by atoms with E-state index < -0.39 is 5.91 Å². The molecule has 1 amide bonds. The van der Waals surface area contributed by atoms with E-state index in [1.54, 1.807) is 36.4 Å². The van der Waals surface area contributed by atoms with E-state index in [9.17, 15) is 9.59 Å². The second kappa shape index (κ2) is 6.46. The Morgan fingerprint density at radius 1 is 0.913 bits per heavy atom. The zero-order valence-corrected chi connectivity index (χ0v) is 12.9. The zero-order valence-electron chi connectivity index (χ0n) is 12.1. The number of amides is 1. The van der Waals surface area contributed by atoms with Crippen LogP contribution in [0.1, 0.15) is 25.6 Å². The van der Waals surface area contributed by atoms with Crippen molar-refractivity contribution in [3.63, 3.8) is 0 Å². The lowest BCUT2D eigenvalue weighted by molar-refractivity contribution is 0.0998. The van der Waals surface area contributed by atoms with E-state index in [-0.39, 0.29) is 11.3 Å². The third-order valence-corrected chi connectivity index (χ3v) is 4.19. The molecule has 2 N–H and O–H groups in total. The quantitative estimate of drug-likeness (QED) is 0.725. The number of carbonyl (C=O) groups excluding carboxylic acids is 2. The highest BCUT2D eigenvalue weighted by atomic mass is 32.1. The number of thiophene rings is 1. The van der Waals surface area contributed by atoms with Gasteiger partial charge in [-0.1, -0.05) is 59.9 Å². The Labute approximate surface area is 137 Å². The molecule has 0 unspecified atom stereocenters. The van der Waals surface area contributed by atoms with Crippen LogP contribution in [0.25, 0.3) is 0 Å². The summed E-state index contributed by atoms with van der Waals surface area (Å²) in [6.07, 6.45) is 0. The molecule has 4 nitrogen and oxygen atoms in total. The molecule has 1 aromatic heterocycles. The Bertz CT molecular complexity index is 841. The number of hydrogen-bond donors (Lipinski definition) is 1. The van der Waals surface area contributed by atoms with Crippen LogP contribution < -0.4 is 10.5 Å². The first-order valence-electron chi connectivity index (χ1n) is 6.91. The van der Waals surface area contributed by atoms with Crippen LogP contribution in [0.5, 0.6) is 10.8 Å². The molecule has 3 aromatic rings. The molecule has 0 aliphatic carbocycles. The highest BCUT2D eigenvalue weighted by molar-refractivity contribution is 7.16. The molecule has 0 radical (unpaired) electrons. The monoisotopic (exact) mass is 323 g/mol. The average molecular weight is 323 g/mol. The van der Waals surface area contributed by atoms with Gasteiger partial charge in [-0.15, -0.1) is 0 Å². The van der Waals surface area contributed by atoms with E-state index >= 15 is 0 Å². The number of para-hydroxylation sites is 1. The Balaban J connectivity index is 1.96. The van der Waals surface area contributed by atoms with Crippen molar-refractivity contribution in [2.24, 2.45) is 5.73 Å². The first-order chi connectivity index (χ1) is 11.1. The molecule has 23 heavy (non-hydrogen) atoms. The molecule has 1 heterocycles. The fraction of sp³-hybridized carbons (Fsp3) is 0. The van der Waals surface area contributed by atoms with Crippen LogP contribution in [0.3, 0.4) is 0 Å². The largest absolute Gasteiger partial charge is 0.446 e. The predicted molar refractivity (Wildman–Crippen MR) is 89.2 cm³/mol. The van der Waals surface area contributed by atoms with Crippen molar-refractivity contribution >= 4 is 23.0 Å². The van der Waals surface area contributed by atoms with E-state index in [2.05, 4.69) is 0 Å². The minimum Gasteiger partial charge on any atom is -0.446 e. The van der Waals surface area contributed by atoms with Gasteiger partial charge in [0.2, 0.25) is 5.78 Å². The van der Waals surface area contributed by atoms with Crippen molar-refractivity contribution in [1.82, 2.24) is 0 Å². The van der Waals surface area contributed by atoms with Gasteiger partial charge in [0.05, 0.1) is 10.4 Å². The average Bonchev–Trinajstić information content (AvgIpc) is 3.00. The molecule has 0 saturated carbocycles. The first kappa shape index (κ1) is 15.0. The lowest BCUT2D eigenvalue weighted by Gasteiger charge is -2.03. The minimum atomic E-state index is -0.626. The fourth-order valence-electron chi connectivity index (χ4n) is 2.06. The summed E-state index contributed by atoms with van der Waals surface area (Å²) in [6, 6.07) is 19.4. The topological polar surface area (TPSA) is 69.4 Å². The van der Waals surface area contributed by atoms with E-state index in [0.29, 0.717) is 21.3 Å². The Hall–Kier alpha value is -2.92. The highest BCUT2D eigenvalue weighted by Crippen LogP contribution is 2.35. The van der Waals surface area contributed by atoms with Crippen LogP contribution in [0.15, 0.2) is 66.7 Å². The second-order valence-corrected chi connectivity index (χ2v) is 5.80. The lowest BCUT2D eigenvalue weighted by atomic mass is 10.1. The predicted octanol–water partition coefficient (Wildman–Crippen LogP) is 3.87. The maximum atomic E-state index is 12.5. The maximum Gasteiger partial charge on any atom is 0.253 e. The van der Waals surface area contributed by atoms with E-state index in [1.807, 2.05) is 24.3 Å². The van der Waals surface area contributed by atoms with Gasteiger partial charge in [0.25, 0.3) is 5.91 Å². The van der Waals surface area contributed by atoms with Crippen LogP contribution in [-0.2, 0) is 0 Å². The molecular weight excluding hydrogens is 310 g/mol. The second-order valence-electron chi connectivity index (χ2n) is 4.79. The highest BCUT2D eigenvalue weighted by Gasteiger charge is 2.20. The third-order valence-electron chi connectivity index (χ3n) is 3.18. The van der Waals surface area contributed by atoms with Gasteiger partial charge in [0.1, 0.15) is 5.75 Å². The number of benzene rings is 2. The van der Waals surface area contributed by atoms with E-state index in [0.717, 1.165) is 11.3 Å². The molecule has 0 spiro atoms. The molecule has 0 aliphatic rings. The lowest BCUT2D eigenvalue weighted by Crippen LogP contribution is -2.10. The zero-order chi connectivity index (χ0) is 16.2. The van der Waals surface area contributed by atoms with Gasteiger partial charge in [0.15, 0.2) is 5.06 Å². The molecule has 0 atom stereocenters. The smallest absolute Gasteiger partial charge is 0.253 e. The summed E-state index contributed by atoms with van der Waals surface area (Å²) in [4.78, 5) is 24.5. The number of carbonyl (C=O) groups is 2. The number of hydrogen-bond acceptors (Lipinski definition) is 4. The van der Waals surface area contributed by atoms with Crippen LogP contribution in [0, 0.1) is 0 Å². The van der Waals surface area contributed by atoms with Gasteiger partial charge < -0.3 is 10.5 Å². The number of ether oxygens (including phenoxy) is 1. The Morgan fingerprint density at radius 2 is 1.52 bits per heavy atom. The van der Waals surface area contributed by atoms with Crippen molar-refractivity contribution < 1.29 is 14.3 Å². The standard InChI is InChI=1S/C18H13NO3S/c19-17(21)14-11-15(16(20)12-7-3-1-4-8-12)23-18(14)22-13-9-5-2-6-10-13/h1-11H,(H2,19,21). The molecule has 0 fully saturated rings. The van der Waals surface area contributed by atoms with Crippen LogP contribution in [0.4, 0.5) is 0 Å². The Morgan fingerprint density at radius 3 is 2.13 bits per heavy atom. The van der Waals surface area contributed by atoms with Gasteiger partial charge in [-0.2, -0.15) is 0 Å². The molecule has 2 aromatic carbocycles. The summed E-state index contributed by atoms with van der Waals surface area (Å²) in [6.45, 7) is 0. The summed E-state index contributed by atoms with van der Waals surface area (Å²) in [7, 11) is 0. The molecule has 114 valence electrons. The molecular formula is C18H13NO3S. The molecule has 0 saturated heterocycles. The number of ketones is 1. The Kier molecular flexibility index (Phi) is 4.21. The van der Waals surface area contributed by atoms with Crippen molar-refractivity contribution in [1.29, 1.82) is 0 Å². The summed E-state index contributed by atoms with van der Waals surface area (Å²) in [5.74, 6) is -0.212. The molecule has 0 bridgehead atoms. The minimum absolute atomic E-state index is 0.166. The van der Waals surface area contributed by atoms with Gasteiger partial charge in [-0.25, -0.2) is 0 Å². The van der Waals surface area contributed by atoms with Gasteiger partial charge in [-0.3, -0.25) is 9.59 Å². The summed E-state index contributed by atoms with van der Waals surface area (Å²) in [5.41, 5.74) is 6.16. The summed E-state index contributed by atoms with van der Waals surface area (Å²) in [5, 5.41) is 0.322. The summed E-state index contributed by atoms with van der Waals surface area (Å²) < 4.78 is 5.70.